The van der Waals surface area contributed by atoms with E-state index in [0.29, 0.717) is 0 Å². The lowest BCUT2D eigenvalue weighted by molar-refractivity contribution is -0.122. The Labute approximate surface area is 115 Å². The maximum atomic E-state index is 11.7. The fourth-order valence-electron chi connectivity index (χ4n) is 2.12. The van der Waals surface area contributed by atoms with Crippen molar-refractivity contribution in [3.63, 3.8) is 0 Å². The molecule has 1 atom stereocenters. The van der Waals surface area contributed by atoms with E-state index in [2.05, 4.69) is 41.8 Å². The highest BCUT2D eigenvalue weighted by molar-refractivity contribution is 5.85. The van der Waals surface area contributed by atoms with Gasteiger partial charge in [0.25, 0.3) is 0 Å². The second-order valence-electron chi connectivity index (χ2n) is 4.68. The monoisotopic (exact) mass is 268 g/mol. The zero-order chi connectivity index (χ0) is 12.1. The van der Waals surface area contributed by atoms with Crippen LogP contribution in [0.5, 0.6) is 0 Å². The minimum absolute atomic E-state index is 0. The SMILES string of the molecule is Cc1ccc(CCNC(=O)C2CCCN2)cc1.Cl. The quantitative estimate of drug-likeness (QED) is 0.875. The third-order valence-corrected chi connectivity index (χ3v) is 3.21. The molecule has 100 valence electrons. The van der Waals surface area contributed by atoms with Gasteiger partial charge in [0.15, 0.2) is 0 Å². The molecule has 18 heavy (non-hydrogen) atoms. The lowest BCUT2D eigenvalue weighted by Gasteiger charge is -2.10. The smallest absolute Gasteiger partial charge is 0.237 e. The van der Waals surface area contributed by atoms with Crippen LogP contribution in [-0.2, 0) is 11.2 Å². The molecule has 1 saturated heterocycles. The zero-order valence-corrected chi connectivity index (χ0v) is 11.6. The Morgan fingerprint density at radius 2 is 2.11 bits per heavy atom. The molecular weight excluding hydrogens is 248 g/mol. The van der Waals surface area contributed by atoms with Crippen molar-refractivity contribution in [3.05, 3.63) is 35.4 Å². The van der Waals surface area contributed by atoms with Crippen molar-refractivity contribution in [1.82, 2.24) is 10.6 Å². The van der Waals surface area contributed by atoms with Crippen molar-refractivity contribution in [2.75, 3.05) is 13.1 Å². The van der Waals surface area contributed by atoms with Crippen LogP contribution in [0.15, 0.2) is 24.3 Å². The standard InChI is InChI=1S/C14H20N2O.ClH/c1-11-4-6-12(7-5-11)8-10-16-14(17)13-3-2-9-15-13;/h4-7,13,15H,2-3,8-10H2,1H3,(H,16,17);1H. The van der Waals surface area contributed by atoms with E-state index in [4.69, 9.17) is 0 Å². The average Bonchev–Trinajstić information content (AvgIpc) is 2.85. The molecule has 4 heteroatoms. The van der Waals surface area contributed by atoms with Crippen LogP contribution in [0, 0.1) is 6.92 Å². The Hall–Kier alpha value is -1.06. The number of carbonyl (C=O) groups excluding carboxylic acids is 1. The molecule has 1 aliphatic rings. The van der Waals surface area contributed by atoms with Crippen LogP contribution in [-0.4, -0.2) is 25.0 Å². The minimum atomic E-state index is 0. The van der Waals surface area contributed by atoms with Gasteiger partial charge in [-0.25, -0.2) is 0 Å². The van der Waals surface area contributed by atoms with Crippen LogP contribution in [0.25, 0.3) is 0 Å². The van der Waals surface area contributed by atoms with E-state index < -0.39 is 0 Å². The van der Waals surface area contributed by atoms with Crippen molar-refractivity contribution >= 4 is 18.3 Å². The Morgan fingerprint density at radius 1 is 1.39 bits per heavy atom. The van der Waals surface area contributed by atoms with Crippen LogP contribution in [0.1, 0.15) is 24.0 Å². The topological polar surface area (TPSA) is 41.1 Å². The number of hydrogen-bond donors (Lipinski definition) is 2. The molecule has 0 spiro atoms. The average molecular weight is 269 g/mol. The summed E-state index contributed by atoms with van der Waals surface area (Å²) in [7, 11) is 0. The number of carbonyl (C=O) groups is 1. The van der Waals surface area contributed by atoms with E-state index in [1.54, 1.807) is 0 Å². The van der Waals surface area contributed by atoms with Crippen LogP contribution in [0.2, 0.25) is 0 Å². The number of aryl methyl sites for hydroxylation is 1. The summed E-state index contributed by atoms with van der Waals surface area (Å²) < 4.78 is 0. The molecule has 1 aliphatic heterocycles. The maximum Gasteiger partial charge on any atom is 0.237 e. The highest BCUT2D eigenvalue weighted by Crippen LogP contribution is 2.05. The second-order valence-corrected chi connectivity index (χ2v) is 4.68. The lowest BCUT2D eigenvalue weighted by atomic mass is 10.1. The highest BCUT2D eigenvalue weighted by atomic mass is 35.5. The number of halogens is 1. The molecule has 1 aromatic carbocycles. The van der Waals surface area contributed by atoms with Gasteiger partial charge in [-0.05, 0) is 38.3 Å². The molecule has 1 fully saturated rings. The Bertz CT molecular complexity index is 372. The number of nitrogens with one attached hydrogen (secondary N) is 2. The minimum Gasteiger partial charge on any atom is -0.354 e. The van der Waals surface area contributed by atoms with Crippen LogP contribution in [0.3, 0.4) is 0 Å². The van der Waals surface area contributed by atoms with E-state index in [1.165, 1.54) is 11.1 Å². The van der Waals surface area contributed by atoms with E-state index in [1.807, 2.05) is 0 Å². The van der Waals surface area contributed by atoms with E-state index >= 15 is 0 Å². The summed E-state index contributed by atoms with van der Waals surface area (Å²) in [6.45, 7) is 3.77. The molecule has 1 amide bonds. The summed E-state index contributed by atoms with van der Waals surface area (Å²) in [6, 6.07) is 8.49. The molecule has 3 nitrogen and oxygen atoms in total. The van der Waals surface area contributed by atoms with Crippen molar-refractivity contribution in [2.45, 2.75) is 32.2 Å². The van der Waals surface area contributed by atoms with Gasteiger partial charge in [-0.3, -0.25) is 4.79 Å². The molecule has 1 heterocycles. The van der Waals surface area contributed by atoms with Gasteiger partial charge in [0.1, 0.15) is 0 Å². The molecule has 0 bridgehead atoms. The van der Waals surface area contributed by atoms with Gasteiger partial charge in [-0.1, -0.05) is 29.8 Å². The first-order valence-corrected chi connectivity index (χ1v) is 6.32. The fraction of sp³-hybridized carbons (Fsp3) is 0.500. The molecule has 1 unspecified atom stereocenters. The molecule has 2 N–H and O–H groups in total. The van der Waals surface area contributed by atoms with Crippen LogP contribution < -0.4 is 10.6 Å². The summed E-state index contributed by atoms with van der Waals surface area (Å²) in [6.07, 6.45) is 2.98. The third-order valence-electron chi connectivity index (χ3n) is 3.21. The highest BCUT2D eigenvalue weighted by Gasteiger charge is 2.20. The van der Waals surface area contributed by atoms with Gasteiger partial charge in [-0.15, -0.1) is 12.4 Å². The summed E-state index contributed by atoms with van der Waals surface area (Å²) in [5.41, 5.74) is 2.54. The lowest BCUT2D eigenvalue weighted by Crippen LogP contribution is -2.41. The van der Waals surface area contributed by atoms with Gasteiger partial charge >= 0.3 is 0 Å². The Balaban J connectivity index is 0.00000162. The predicted molar refractivity (Wildman–Crippen MR) is 76.2 cm³/mol. The second kappa shape index (κ2) is 7.39. The van der Waals surface area contributed by atoms with Crippen molar-refractivity contribution < 1.29 is 4.79 Å². The number of amides is 1. The fourth-order valence-corrected chi connectivity index (χ4v) is 2.12. The normalized spacial score (nSPS) is 18.2. The first kappa shape index (κ1) is 15.0. The van der Waals surface area contributed by atoms with E-state index in [0.717, 1.165) is 32.4 Å². The molecule has 2 rings (SSSR count). The van der Waals surface area contributed by atoms with Gasteiger partial charge in [0.2, 0.25) is 5.91 Å². The van der Waals surface area contributed by atoms with Crippen molar-refractivity contribution in [3.8, 4) is 0 Å². The van der Waals surface area contributed by atoms with Gasteiger partial charge < -0.3 is 10.6 Å². The molecule has 0 saturated carbocycles. The van der Waals surface area contributed by atoms with Crippen LogP contribution >= 0.6 is 12.4 Å². The predicted octanol–water partition coefficient (Wildman–Crippen LogP) is 1.83. The van der Waals surface area contributed by atoms with Crippen molar-refractivity contribution in [2.24, 2.45) is 0 Å². The Morgan fingerprint density at radius 3 is 2.72 bits per heavy atom. The molecule has 0 aromatic heterocycles. The summed E-state index contributed by atoms with van der Waals surface area (Å²) >= 11 is 0. The molecule has 1 aromatic rings. The van der Waals surface area contributed by atoms with Gasteiger partial charge in [0.05, 0.1) is 6.04 Å². The first-order valence-electron chi connectivity index (χ1n) is 6.32. The maximum absolute atomic E-state index is 11.7. The molecular formula is C14H21ClN2O. The summed E-state index contributed by atoms with van der Waals surface area (Å²) in [4.78, 5) is 11.7. The summed E-state index contributed by atoms with van der Waals surface area (Å²) in [5, 5.41) is 6.19. The number of hydrogen-bond acceptors (Lipinski definition) is 2. The third kappa shape index (κ3) is 4.31. The largest absolute Gasteiger partial charge is 0.354 e. The van der Waals surface area contributed by atoms with E-state index in [-0.39, 0.29) is 24.4 Å². The zero-order valence-electron chi connectivity index (χ0n) is 10.7. The van der Waals surface area contributed by atoms with Gasteiger partial charge in [0, 0.05) is 6.54 Å². The molecule has 0 aliphatic carbocycles. The number of benzene rings is 1. The first-order chi connectivity index (χ1) is 8.25. The van der Waals surface area contributed by atoms with E-state index in [9.17, 15) is 4.79 Å². The Kier molecular flexibility index (Phi) is 6.16. The number of rotatable bonds is 4. The summed E-state index contributed by atoms with van der Waals surface area (Å²) in [5.74, 6) is 0.148. The van der Waals surface area contributed by atoms with Crippen LogP contribution in [0.4, 0.5) is 0 Å². The van der Waals surface area contributed by atoms with Gasteiger partial charge in [-0.2, -0.15) is 0 Å². The molecule has 0 radical (unpaired) electrons. The van der Waals surface area contributed by atoms with Crippen molar-refractivity contribution in [1.29, 1.82) is 0 Å².